The number of nitrogens with zero attached hydrogens (tertiary/aromatic N) is 2. The van der Waals surface area contributed by atoms with E-state index in [0.717, 1.165) is 67.7 Å². The van der Waals surface area contributed by atoms with E-state index < -0.39 is 0 Å². The number of rotatable bonds is 10. The minimum absolute atomic E-state index is 0.0102. The van der Waals surface area contributed by atoms with E-state index in [2.05, 4.69) is 22.4 Å². The summed E-state index contributed by atoms with van der Waals surface area (Å²) in [6.45, 7) is 3.61. The third kappa shape index (κ3) is 5.45. The summed E-state index contributed by atoms with van der Waals surface area (Å²) in [5, 5.41) is 3.13. The predicted octanol–water partition coefficient (Wildman–Crippen LogP) is 4.93. The molecule has 3 heterocycles. The van der Waals surface area contributed by atoms with Gasteiger partial charge in [0.25, 0.3) is 5.56 Å². The van der Waals surface area contributed by atoms with Gasteiger partial charge < -0.3 is 19.0 Å². The molecule has 0 radical (unpaired) electrons. The Morgan fingerprint density at radius 3 is 2.69 bits per heavy atom. The number of thiophene rings is 1. The quantitative estimate of drug-likeness (QED) is 0.311. The van der Waals surface area contributed by atoms with Crippen LogP contribution in [0.2, 0.25) is 0 Å². The van der Waals surface area contributed by atoms with Crippen molar-refractivity contribution >= 4 is 40.3 Å². The zero-order valence-corrected chi connectivity index (χ0v) is 20.1. The molecule has 0 N–H and O–H groups in total. The van der Waals surface area contributed by atoms with E-state index in [9.17, 15) is 9.59 Å². The molecule has 1 aromatic carbocycles. The zero-order chi connectivity index (χ0) is 22.4. The lowest BCUT2D eigenvalue weighted by Crippen LogP contribution is -2.42. The Bertz CT molecular complexity index is 1090. The first-order chi connectivity index (χ1) is 15.6. The molecule has 0 bridgehead atoms. The number of methoxy groups -OCH3 is 1. The maximum Gasteiger partial charge on any atom is 0.251 e. The Labute approximate surface area is 197 Å². The van der Waals surface area contributed by atoms with E-state index in [1.165, 1.54) is 10.5 Å². The van der Waals surface area contributed by atoms with Gasteiger partial charge in [0.1, 0.15) is 12.0 Å². The van der Waals surface area contributed by atoms with Crippen LogP contribution in [0.25, 0.3) is 10.9 Å². The molecule has 4 rings (SSSR count). The molecule has 3 aromatic rings. The Morgan fingerprint density at radius 1 is 1.16 bits per heavy atom. The maximum atomic E-state index is 12.5. The first kappa shape index (κ1) is 23.1. The smallest absolute Gasteiger partial charge is 0.251 e. The van der Waals surface area contributed by atoms with Gasteiger partial charge in [0, 0.05) is 36.4 Å². The van der Waals surface area contributed by atoms with Gasteiger partial charge in [-0.3, -0.25) is 4.79 Å². The van der Waals surface area contributed by atoms with E-state index in [0.29, 0.717) is 6.54 Å². The summed E-state index contributed by atoms with van der Waals surface area (Å²) in [5.74, 6) is 1.83. The number of benzene rings is 1. The molecule has 0 unspecified atom stereocenters. The number of carbonyl (C=O) groups excluding carboxylic acids is 1. The van der Waals surface area contributed by atoms with Crippen LogP contribution >= 0.6 is 23.1 Å². The van der Waals surface area contributed by atoms with Crippen LogP contribution in [0.1, 0.15) is 25.7 Å². The second-order valence-corrected chi connectivity index (χ2v) is 10.8. The van der Waals surface area contributed by atoms with Crippen LogP contribution < -0.4 is 10.3 Å². The van der Waals surface area contributed by atoms with Gasteiger partial charge in [-0.1, -0.05) is 6.07 Å². The lowest BCUT2D eigenvalue weighted by atomic mass is 9.76. The minimum atomic E-state index is -0.261. The second-order valence-electron chi connectivity index (χ2n) is 8.45. The van der Waals surface area contributed by atoms with Gasteiger partial charge in [-0.15, -0.1) is 23.1 Å². The van der Waals surface area contributed by atoms with E-state index >= 15 is 0 Å². The van der Waals surface area contributed by atoms with E-state index in [1.807, 2.05) is 40.6 Å². The molecule has 0 saturated carbocycles. The molecule has 1 fully saturated rings. The number of hydrogen-bond acceptors (Lipinski definition) is 6. The molecule has 0 amide bonds. The molecular formula is C25H30N2O3S2. The third-order valence-electron chi connectivity index (χ3n) is 6.51. The number of carbonyl (C=O) groups is 1. The van der Waals surface area contributed by atoms with Gasteiger partial charge in [0.05, 0.1) is 16.8 Å². The van der Waals surface area contributed by atoms with Gasteiger partial charge in [0.15, 0.2) is 0 Å². The lowest BCUT2D eigenvalue weighted by molar-refractivity contribution is -0.119. The molecule has 7 heteroatoms. The molecule has 5 nitrogen and oxygen atoms in total. The molecule has 0 atom stereocenters. The van der Waals surface area contributed by atoms with Crippen LogP contribution in [0.3, 0.4) is 0 Å². The van der Waals surface area contributed by atoms with Crippen molar-refractivity contribution in [1.29, 1.82) is 0 Å². The van der Waals surface area contributed by atoms with Crippen molar-refractivity contribution in [2.24, 2.45) is 5.41 Å². The summed E-state index contributed by atoms with van der Waals surface area (Å²) in [5.41, 5.74) is 0.613. The van der Waals surface area contributed by atoms with E-state index in [1.54, 1.807) is 24.5 Å². The van der Waals surface area contributed by atoms with Crippen LogP contribution in [-0.4, -0.2) is 48.3 Å². The van der Waals surface area contributed by atoms with E-state index in [4.69, 9.17) is 4.74 Å². The highest BCUT2D eigenvalue weighted by Gasteiger charge is 2.33. The number of likely N-dealkylation sites (tertiary alicyclic amines) is 1. The summed E-state index contributed by atoms with van der Waals surface area (Å²) in [7, 11) is 1.63. The number of ether oxygens (including phenoxy) is 1. The van der Waals surface area contributed by atoms with Crippen LogP contribution in [0.5, 0.6) is 5.75 Å². The Morgan fingerprint density at radius 2 is 1.97 bits per heavy atom. The lowest BCUT2D eigenvalue weighted by Gasteiger charge is -2.38. The first-order valence-corrected chi connectivity index (χ1v) is 13.0. The van der Waals surface area contributed by atoms with Crippen molar-refractivity contribution in [2.45, 2.75) is 36.4 Å². The molecule has 170 valence electrons. The molecule has 1 saturated heterocycles. The average Bonchev–Trinajstić information content (AvgIpc) is 3.35. The fourth-order valence-corrected chi connectivity index (χ4v) is 6.35. The Hall–Kier alpha value is -2.09. The number of hydrogen-bond donors (Lipinski definition) is 0. The Kier molecular flexibility index (Phi) is 7.71. The minimum Gasteiger partial charge on any atom is -0.497 e. The number of thioether (sulfide) groups is 1. The van der Waals surface area contributed by atoms with Crippen molar-refractivity contribution in [3.05, 3.63) is 58.2 Å². The van der Waals surface area contributed by atoms with Gasteiger partial charge >= 0.3 is 0 Å². The highest BCUT2D eigenvalue weighted by Crippen LogP contribution is 2.35. The molecular weight excluding hydrogens is 440 g/mol. The summed E-state index contributed by atoms with van der Waals surface area (Å²) in [6.07, 6.45) is 4.61. The van der Waals surface area contributed by atoms with Crippen LogP contribution in [0.15, 0.2) is 56.8 Å². The van der Waals surface area contributed by atoms with Crippen molar-refractivity contribution in [2.75, 3.05) is 32.5 Å². The van der Waals surface area contributed by atoms with Gasteiger partial charge in [-0.05, 0) is 73.8 Å². The SMILES string of the molecule is COc1ccc2ccc(=O)n(CCCC3(C=O)CCN(CCSc4cccs4)CC3)c2c1. The second kappa shape index (κ2) is 10.7. The highest BCUT2D eigenvalue weighted by molar-refractivity contribution is 8.01. The monoisotopic (exact) mass is 470 g/mol. The van der Waals surface area contributed by atoms with E-state index in [-0.39, 0.29) is 11.0 Å². The standard InChI is InChI=1S/C25H30N2O3S2/c1-30-21-7-5-20-6-8-23(29)27(22(20)18-21)12-3-9-25(19-28)10-13-26(14-11-25)15-17-32-24-4-2-16-31-24/h2,4-8,16,18-19H,3,9-15,17H2,1H3. The van der Waals surface area contributed by atoms with Gasteiger partial charge in [-0.2, -0.15) is 0 Å². The fraction of sp³-hybridized carbons (Fsp3) is 0.440. The largest absolute Gasteiger partial charge is 0.497 e. The zero-order valence-electron chi connectivity index (χ0n) is 18.5. The van der Waals surface area contributed by atoms with Gasteiger partial charge in [0.2, 0.25) is 0 Å². The summed E-state index contributed by atoms with van der Waals surface area (Å²) < 4.78 is 8.52. The molecule has 0 aliphatic carbocycles. The predicted molar refractivity (Wildman–Crippen MR) is 133 cm³/mol. The molecule has 1 aliphatic heterocycles. The number of piperidine rings is 1. The molecule has 2 aromatic heterocycles. The molecule has 1 aliphatic rings. The number of pyridine rings is 1. The van der Waals surface area contributed by atoms with Gasteiger partial charge in [-0.25, -0.2) is 0 Å². The number of aromatic nitrogens is 1. The fourth-order valence-electron chi connectivity index (χ4n) is 4.48. The first-order valence-electron chi connectivity index (χ1n) is 11.2. The van der Waals surface area contributed by atoms with Crippen molar-refractivity contribution in [3.8, 4) is 5.75 Å². The van der Waals surface area contributed by atoms with Crippen molar-refractivity contribution < 1.29 is 9.53 Å². The summed E-state index contributed by atoms with van der Waals surface area (Å²) in [4.78, 5) is 27.1. The normalized spacial score (nSPS) is 16.3. The average molecular weight is 471 g/mol. The third-order valence-corrected chi connectivity index (χ3v) is 8.62. The topological polar surface area (TPSA) is 51.5 Å². The highest BCUT2D eigenvalue weighted by atomic mass is 32.2. The van der Waals surface area contributed by atoms with Crippen LogP contribution in [0, 0.1) is 5.41 Å². The Balaban J connectivity index is 1.32. The number of aryl methyl sites for hydroxylation is 1. The number of fused-ring (bicyclic) bond motifs is 1. The maximum absolute atomic E-state index is 12.5. The van der Waals surface area contributed by atoms with Crippen molar-refractivity contribution in [3.63, 3.8) is 0 Å². The van der Waals surface area contributed by atoms with Crippen molar-refractivity contribution in [1.82, 2.24) is 9.47 Å². The molecule has 32 heavy (non-hydrogen) atoms. The summed E-state index contributed by atoms with van der Waals surface area (Å²) >= 11 is 3.70. The molecule has 0 spiro atoms. The number of aldehydes is 1. The van der Waals surface area contributed by atoms with Crippen LogP contribution in [-0.2, 0) is 11.3 Å². The van der Waals surface area contributed by atoms with Crippen LogP contribution in [0.4, 0.5) is 0 Å². The summed E-state index contributed by atoms with van der Waals surface area (Å²) in [6, 6.07) is 13.5.